The number of hydrogen-bond acceptors (Lipinski definition) is 4. The Morgan fingerprint density at radius 3 is 3.07 bits per heavy atom. The fourth-order valence-electron chi connectivity index (χ4n) is 1.11. The molecule has 1 aromatic rings. The fourth-order valence-corrected chi connectivity index (χ4v) is 1.11. The molecule has 1 unspecified atom stereocenters. The van der Waals surface area contributed by atoms with Crippen molar-refractivity contribution in [2.24, 2.45) is 5.73 Å². The summed E-state index contributed by atoms with van der Waals surface area (Å²) >= 11 is 0. The normalized spacial score (nSPS) is 12.5. The van der Waals surface area contributed by atoms with Crippen molar-refractivity contribution in [2.75, 3.05) is 13.7 Å². The van der Waals surface area contributed by atoms with E-state index in [0.717, 1.165) is 12.1 Å². The molecule has 0 saturated heterocycles. The fraction of sp³-hybridized carbons (Fsp3) is 0.500. The standard InChI is InChI=1S/C10H17N3O/c1-8(6-11)13-7-9-4-3-5-12-10(9)14-2/h3-5,8,13H,6-7,11H2,1-2H3. The first kappa shape index (κ1) is 10.9. The van der Waals surface area contributed by atoms with E-state index in [0.29, 0.717) is 18.5 Å². The number of pyridine rings is 1. The first-order valence-electron chi connectivity index (χ1n) is 4.69. The smallest absolute Gasteiger partial charge is 0.217 e. The first-order chi connectivity index (χ1) is 6.77. The van der Waals surface area contributed by atoms with Crippen LogP contribution < -0.4 is 15.8 Å². The van der Waals surface area contributed by atoms with Gasteiger partial charge in [0.1, 0.15) is 0 Å². The van der Waals surface area contributed by atoms with Crippen LogP contribution in [0.4, 0.5) is 0 Å². The van der Waals surface area contributed by atoms with Gasteiger partial charge in [0.2, 0.25) is 5.88 Å². The van der Waals surface area contributed by atoms with Gasteiger partial charge in [-0.2, -0.15) is 0 Å². The number of hydrogen-bond donors (Lipinski definition) is 2. The molecule has 1 atom stereocenters. The molecule has 3 N–H and O–H groups in total. The van der Waals surface area contributed by atoms with Crippen molar-refractivity contribution in [3.8, 4) is 5.88 Å². The van der Waals surface area contributed by atoms with Crippen molar-refractivity contribution in [1.29, 1.82) is 0 Å². The van der Waals surface area contributed by atoms with Crippen molar-refractivity contribution in [1.82, 2.24) is 10.3 Å². The summed E-state index contributed by atoms with van der Waals surface area (Å²) in [5.74, 6) is 0.671. The molecular formula is C10H17N3O. The average molecular weight is 195 g/mol. The lowest BCUT2D eigenvalue weighted by Gasteiger charge is -2.12. The third-order valence-electron chi connectivity index (χ3n) is 2.04. The van der Waals surface area contributed by atoms with Crippen LogP contribution in [0.3, 0.4) is 0 Å². The Hall–Kier alpha value is -1.13. The summed E-state index contributed by atoms with van der Waals surface area (Å²) in [7, 11) is 1.62. The lowest BCUT2D eigenvalue weighted by molar-refractivity contribution is 0.389. The molecule has 0 aromatic carbocycles. The Labute approximate surface area is 84.5 Å². The molecule has 78 valence electrons. The minimum atomic E-state index is 0.305. The Bertz CT molecular complexity index is 278. The summed E-state index contributed by atoms with van der Waals surface area (Å²) in [6.07, 6.45) is 1.72. The molecule has 4 nitrogen and oxygen atoms in total. The largest absolute Gasteiger partial charge is 0.481 e. The summed E-state index contributed by atoms with van der Waals surface area (Å²) in [4.78, 5) is 4.11. The molecule has 0 radical (unpaired) electrons. The monoisotopic (exact) mass is 195 g/mol. The topological polar surface area (TPSA) is 60.2 Å². The Balaban J connectivity index is 2.57. The van der Waals surface area contributed by atoms with E-state index < -0.39 is 0 Å². The summed E-state index contributed by atoms with van der Waals surface area (Å²) in [5.41, 5.74) is 6.55. The van der Waals surface area contributed by atoms with Crippen molar-refractivity contribution in [2.45, 2.75) is 19.5 Å². The summed E-state index contributed by atoms with van der Waals surface area (Å²) in [5, 5.41) is 3.28. The maximum Gasteiger partial charge on any atom is 0.217 e. The highest BCUT2D eigenvalue weighted by Crippen LogP contribution is 2.12. The van der Waals surface area contributed by atoms with Crippen LogP contribution in [0.25, 0.3) is 0 Å². The molecule has 4 heteroatoms. The number of ether oxygens (including phenoxy) is 1. The van der Waals surface area contributed by atoms with Gasteiger partial charge in [-0.15, -0.1) is 0 Å². The maximum atomic E-state index is 5.50. The van der Waals surface area contributed by atoms with Crippen LogP contribution in [0.2, 0.25) is 0 Å². The second kappa shape index (κ2) is 5.57. The number of nitrogens with two attached hydrogens (primary N) is 1. The number of aromatic nitrogens is 1. The summed E-state index contributed by atoms with van der Waals surface area (Å²) < 4.78 is 5.13. The third-order valence-corrected chi connectivity index (χ3v) is 2.04. The minimum Gasteiger partial charge on any atom is -0.481 e. The molecule has 14 heavy (non-hydrogen) atoms. The molecule has 0 fully saturated rings. The minimum absolute atomic E-state index is 0.305. The molecule has 1 rings (SSSR count). The predicted octanol–water partition coefficient (Wildman–Crippen LogP) is 0.527. The number of nitrogens with one attached hydrogen (secondary N) is 1. The molecular weight excluding hydrogens is 178 g/mol. The number of rotatable bonds is 5. The molecule has 0 aliphatic carbocycles. The quantitative estimate of drug-likeness (QED) is 0.719. The highest BCUT2D eigenvalue weighted by atomic mass is 16.5. The van der Waals surface area contributed by atoms with E-state index in [4.69, 9.17) is 10.5 Å². The highest BCUT2D eigenvalue weighted by molar-refractivity contribution is 5.25. The van der Waals surface area contributed by atoms with Gasteiger partial charge in [-0.1, -0.05) is 6.07 Å². The Morgan fingerprint density at radius 2 is 2.43 bits per heavy atom. The van der Waals surface area contributed by atoms with Crippen molar-refractivity contribution in [3.05, 3.63) is 23.9 Å². The molecule has 0 amide bonds. The van der Waals surface area contributed by atoms with E-state index in [1.807, 2.05) is 19.1 Å². The van der Waals surface area contributed by atoms with Gasteiger partial charge in [0.25, 0.3) is 0 Å². The van der Waals surface area contributed by atoms with Gasteiger partial charge in [0.15, 0.2) is 0 Å². The average Bonchev–Trinajstić information content (AvgIpc) is 2.26. The predicted molar refractivity (Wildman–Crippen MR) is 56.1 cm³/mol. The van der Waals surface area contributed by atoms with E-state index in [9.17, 15) is 0 Å². The van der Waals surface area contributed by atoms with Crippen molar-refractivity contribution >= 4 is 0 Å². The zero-order valence-corrected chi connectivity index (χ0v) is 8.66. The van der Waals surface area contributed by atoms with Crippen LogP contribution in [-0.2, 0) is 6.54 Å². The van der Waals surface area contributed by atoms with Gasteiger partial charge in [0, 0.05) is 30.9 Å². The van der Waals surface area contributed by atoms with E-state index in [2.05, 4.69) is 10.3 Å². The molecule has 0 spiro atoms. The maximum absolute atomic E-state index is 5.50. The lowest BCUT2D eigenvalue weighted by atomic mass is 10.2. The Kier molecular flexibility index (Phi) is 4.35. The van der Waals surface area contributed by atoms with Crippen LogP contribution in [0.1, 0.15) is 12.5 Å². The van der Waals surface area contributed by atoms with E-state index in [1.54, 1.807) is 13.3 Å². The van der Waals surface area contributed by atoms with Crippen LogP contribution in [0.15, 0.2) is 18.3 Å². The highest BCUT2D eigenvalue weighted by Gasteiger charge is 2.04. The SMILES string of the molecule is COc1ncccc1CNC(C)CN. The number of methoxy groups -OCH3 is 1. The molecule has 0 bridgehead atoms. The summed E-state index contributed by atoms with van der Waals surface area (Å²) in [6.45, 7) is 3.40. The van der Waals surface area contributed by atoms with Gasteiger partial charge in [0.05, 0.1) is 7.11 Å². The molecule has 0 saturated carbocycles. The van der Waals surface area contributed by atoms with Gasteiger partial charge < -0.3 is 15.8 Å². The molecule has 0 aliphatic rings. The summed E-state index contributed by atoms with van der Waals surface area (Å²) in [6, 6.07) is 4.19. The van der Waals surface area contributed by atoms with E-state index in [1.165, 1.54) is 0 Å². The van der Waals surface area contributed by atoms with Crippen molar-refractivity contribution < 1.29 is 4.74 Å². The van der Waals surface area contributed by atoms with Crippen LogP contribution in [0, 0.1) is 0 Å². The van der Waals surface area contributed by atoms with Crippen LogP contribution in [0.5, 0.6) is 5.88 Å². The van der Waals surface area contributed by atoms with E-state index >= 15 is 0 Å². The second-order valence-electron chi connectivity index (χ2n) is 3.19. The molecule has 1 aromatic heterocycles. The number of nitrogens with zero attached hydrogens (tertiary/aromatic N) is 1. The van der Waals surface area contributed by atoms with E-state index in [-0.39, 0.29) is 0 Å². The van der Waals surface area contributed by atoms with Gasteiger partial charge >= 0.3 is 0 Å². The van der Waals surface area contributed by atoms with Gasteiger partial charge in [-0.3, -0.25) is 0 Å². The van der Waals surface area contributed by atoms with Crippen molar-refractivity contribution in [3.63, 3.8) is 0 Å². The van der Waals surface area contributed by atoms with Gasteiger partial charge in [-0.25, -0.2) is 4.98 Å². The zero-order chi connectivity index (χ0) is 10.4. The molecule has 0 aliphatic heterocycles. The second-order valence-corrected chi connectivity index (χ2v) is 3.19. The third kappa shape index (κ3) is 2.97. The lowest BCUT2D eigenvalue weighted by Crippen LogP contribution is -2.32. The van der Waals surface area contributed by atoms with Gasteiger partial charge in [-0.05, 0) is 13.0 Å². The molecule has 1 heterocycles. The first-order valence-corrected chi connectivity index (χ1v) is 4.69. The zero-order valence-electron chi connectivity index (χ0n) is 8.66. The Morgan fingerprint density at radius 1 is 1.64 bits per heavy atom. The van der Waals surface area contributed by atoms with Crippen LogP contribution in [-0.4, -0.2) is 24.7 Å². The van der Waals surface area contributed by atoms with Crippen LogP contribution >= 0.6 is 0 Å².